The van der Waals surface area contributed by atoms with Crippen molar-refractivity contribution in [1.29, 1.82) is 0 Å². The highest BCUT2D eigenvalue weighted by molar-refractivity contribution is 5.90. The molecule has 33 heavy (non-hydrogen) atoms. The fourth-order valence-corrected chi connectivity index (χ4v) is 3.30. The number of ether oxygens (including phenoxy) is 1. The smallest absolute Gasteiger partial charge is 0.408 e. The van der Waals surface area contributed by atoms with Gasteiger partial charge in [-0.2, -0.15) is 0 Å². The number of rotatable bonds is 12. The van der Waals surface area contributed by atoms with Crippen molar-refractivity contribution in [2.45, 2.75) is 85.3 Å². The van der Waals surface area contributed by atoms with E-state index in [0.717, 1.165) is 32.1 Å². The summed E-state index contributed by atoms with van der Waals surface area (Å²) in [6.45, 7) is 11.7. The van der Waals surface area contributed by atoms with Gasteiger partial charge in [-0.25, -0.2) is 4.79 Å². The summed E-state index contributed by atoms with van der Waals surface area (Å²) < 4.78 is 5.23. The van der Waals surface area contributed by atoms with Crippen LogP contribution in [0.15, 0.2) is 18.2 Å². The Morgan fingerprint density at radius 3 is 2.30 bits per heavy atom. The number of carbonyl (C=O) groups is 3. The Labute approximate surface area is 198 Å². The van der Waals surface area contributed by atoms with Crippen LogP contribution in [0.4, 0.5) is 4.79 Å². The van der Waals surface area contributed by atoms with E-state index >= 15 is 0 Å². The van der Waals surface area contributed by atoms with Gasteiger partial charge in [0.15, 0.2) is 0 Å². The minimum absolute atomic E-state index is 0.124. The maximum atomic E-state index is 13.2. The lowest BCUT2D eigenvalue weighted by atomic mass is 10.0. The third kappa shape index (κ3) is 10.1. The standard InChI is InChI=1S/C25H41N3O5/c1-7-9-11-15-28(21(30)17-27-24(32)33-25(4,5)6)22(23(31)26-14-10-8-2)19-12-13-20(29)18(3)16-19/h12-13,16,22,29H,7-11,14-15,17H2,1-6H3,(H,26,31)(H,27,32). The Kier molecular flexibility index (Phi) is 11.7. The van der Waals surface area contributed by atoms with E-state index < -0.39 is 17.7 Å². The normalized spacial score (nSPS) is 12.1. The lowest BCUT2D eigenvalue weighted by molar-refractivity contribution is -0.140. The maximum absolute atomic E-state index is 13.2. The Bertz CT molecular complexity index is 789. The van der Waals surface area contributed by atoms with Crippen molar-refractivity contribution >= 4 is 17.9 Å². The van der Waals surface area contributed by atoms with Gasteiger partial charge < -0.3 is 25.4 Å². The molecule has 1 rings (SSSR count). The fourth-order valence-electron chi connectivity index (χ4n) is 3.30. The predicted molar refractivity (Wildman–Crippen MR) is 129 cm³/mol. The van der Waals surface area contributed by atoms with Gasteiger partial charge in [-0.1, -0.05) is 39.2 Å². The van der Waals surface area contributed by atoms with Gasteiger partial charge in [-0.15, -0.1) is 0 Å². The van der Waals surface area contributed by atoms with E-state index in [0.29, 0.717) is 24.2 Å². The Balaban J connectivity index is 3.19. The first-order valence-corrected chi connectivity index (χ1v) is 11.8. The molecule has 0 saturated heterocycles. The number of phenolic OH excluding ortho intramolecular Hbond substituents is 1. The number of unbranched alkanes of at least 4 members (excludes halogenated alkanes) is 3. The number of nitrogens with zero attached hydrogens (tertiary/aromatic N) is 1. The number of aryl methyl sites for hydroxylation is 1. The van der Waals surface area contributed by atoms with Gasteiger partial charge in [-0.05, 0) is 63.8 Å². The first-order valence-electron chi connectivity index (χ1n) is 11.8. The molecule has 0 aliphatic rings. The molecular weight excluding hydrogens is 422 g/mol. The first kappa shape index (κ1) is 28.3. The minimum Gasteiger partial charge on any atom is -0.508 e. The van der Waals surface area contributed by atoms with Crippen molar-refractivity contribution in [2.75, 3.05) is 19.6 Å². The molecule has 186 valence electrons. The number of aromatic hydroxyl groups is 1. The van der Waals surface area contributed by atoms with Gasteiger partial charge in [0.1, 0.15) is 23.9 Å². The van der Waals surface area contributed by atoms with E-state index in [2.05, 4.69) is 17.6 Å². The van der Waals surface area contributed by atoms with Gasteiger partial charge in [0.05, 0.1) is 0 Å². The monoisotopic (exact) mass is 463 g/mol. The van der Waals surface area contributed by atoms with Crippen LogP contribution in [0.5, 0.6) is 5.75 Å². The maximum Gasteiger partial charge on any atom is 0.408 e. The Morgan fingerprint density at radius 2 is 1.73 bits per heavy atom. The number of nitrogens with one attached hydrogen (secondary N) is 2. The zero-order chi connectivity index (χ0) is 25.0. The van der Waals surface area contributed by atoms with Crippen LogP contribution in [-0.4, -0.2) is 53.1 Å². The average molecular weight is 464 g/mol. The third-order valence-corrected chi connectivity index (χ3v) is 5.03. The molecule has 0 saturated carbocycles. The minimum atomic E-state index is -0.869. The number of alkyl carbamates (subject to hydrolysis) is 1. The summed E-state index contributed by atoms with van der Waals surface area (Å²) in [7, 11) is 0. The van der Waals surface area contributed by atoms with E-state index in [-0.39, 0.29) is 24.1 Å². The first-order chi connectivity index (χ1) is 15.5. The second-order valence-corrected chi connectivity index (χ2v) is 9.24. The number of carbonyl (C=O) groups excluding carboxylic acids is 3. The van der Waals surface area contributed by atoms with Gasteiger partial charge in [0.25, 0.3) is 0 Å². The number of hydrogen-bond donors (Lipinski definition) is 3. The molecular formula is C25H41N3O5. The summed E-state index contributed by atoms with van der Waals surface area (Å²) >= 11 is 0. The number of benzene rings is 1. The summed E-state index contributed by atoms with van der Waals surface area (Å²) in [5, 5.41) is 15.4. The molecule has 0 aliphatic heterocycles. The van der Waals surface area contributed by atoms with Crippen LogP contribution < -0.4 is 10.6 Å². The SMILES string of the molecule is CCCCCN(C(=O)CNC(=O)OC(C)(C)C)C(C(=O)NCCCC)c1ccc(O)c(C)c1. The van der Waals surface area contributed by atoms with Gasteiger partial charge in [-0.3, -0.25) is 9.59 Å². The summed E-state index contributed by atoms with van der Waals surface area (Å²) in [6, 6.07) is 4.05. The molecule has 0 bridgehead atoms. The lowest BCUT2D eigenvalue weighted by Crippen LogP contribution is -2.48. The van der Waals surface area contributed by atoms with Crippen LogP contribution in [0.1, 0.15) is 83.9 Å². The van der Waals surface area contributed by atoms with Crippen molar-refractivity contribution in [3.8, 4) is 5.75 Å². The van der Waals surface area contributed by atoms with Crippen molar-refractivity contribution in [3.63, 3.8) is 0 Å². The summed E-state index contributed by atoms with van der Waals surface area (Å²) in [5.74, 6) is -0.534. The largest absolute Gasteiger partial charge is 0.508 e. The molecule has 0 radical (unpaired) electrons. The quantitative estimate of drug-likeness (QED) is 0.403. The molecule has 0 heterocycles. The highest BCUT2D eigenvalue weighted by Crippen LogP contribution is 2.27. The van der Waals surface area contributed by atoms with E-state index in [1.807, 2.05) is 6.92 Å². The molecule has 3 amide bonds. The molecule has 0 aromatic heterocycles. The lowest BCUT2D eigenvalue weighted by Gasteiger charge is -2.32. The number of hydrogen-bond acceptors (Lipinski definition) is 5. The summed E-state index contributed by atoms with van der Waals surface area (Å²) in [5.41, 5.74) is 0.548. The molecule has 0 aliphatic carbocycles. The molecule has 3 N–H and O–H groups in total. The zero-order valence-electron chi connectivity index (χ0n) is 21.0. The number of phenols is 1. The van der Waals surface area contributed by atoms with Gasteiger partial charge in [0.2, 0.25) is 11.8 Å². The van der Waals surface area contributed by atoms with Crippen LogP contribution in [0.3, 0.4) is 0 Å². The molecule has 1 unspecified atom stereocenters. The van der Waals surface area contributed by atoms with Crippen molar-refractivity contribution in [1.82, 2.24) is 15.5 Å². The molecule has 1 atom stereocenters. The van der Waals surface area contributed by atoms with E-state index in [1.165, 1.54) is 11.0 Å². The van der Waals surface area contributed by atoms with E-state index in [9.17, 15) is 19.5 Å². The third-order valence-electron chi connectivity index (χ3n) is 5.03. The molecule has 1 aromatic carbocycles. The molecule has 1 aromatic rings. The van der Waals surface area contributed by atoms with Crippen LogP contribution in [-0.2, 0) is 14.3 Å². The number of amides is 3. The molecule has 8 nitrogen and oxygen atoms in total. The van der Waals surface area contributed by atoms with Gasteiger partial charge in [0, 0.05) is 13.1 Å². The second kappa shape index (κ2) is 13.7. The van der Waals surface area contributed by atoms with Crippen LogP contribution in [0.2, 0.25) is 0 Å². The van der Waals surface area contributed by atoms with Crippen LogP contribution in [0, 0.1) is 6.92 Å². The van der Waals surface area contributed by atoms with E-state index in [1.54, 1.807) is 39.8 Å². The predicted octanol–water partition coefficient (Wildman–Crippen LogP) is 4.20. The van der Waals surface area contributed by atoms with Crippen molar-refractivity contribution in [2.24, 2.45) is 0 Å². The zero-order valence-corrected chi connectivity index (χ0v) is 21.0. The molecule has 0 spiro atoms. The van der Waals surface area contributed by atoms with Crippen LogP contribution >= 0.6 is 0 Å². The highest BCUT2D eigenvalue weighted by Gasteiger charge is 2.31. The topological polar surface area (TPSA) is 108 Å². The second-order valence-electron chi connectivity index (χ2n) is 9.24. The fraction of sp³-hybridized carbons (Fsp3) is 0.640. The van der Waals surface area contributed by atoms with Crippen molar-refractivity contribution in [3.05, 3.63) is 29.3 Å². The molecule has 8 heteroatoms. The van der Waals surface area contributed by atoms with E-state index in [4.69, 9.17) is 4.74 Å². The Morgan fingerprint density at radius 1 is 1.06 bits per heavy atom. The average Bonchev–Trinajstić information content (AvgIpc) is 2.72. The highest BCUT2D eigenvalue weighted by atomic mass is 16.6. The Hall–Kier alpha value is -2.77. The van der Waals surface area contributed by atoms with Gasteiger partial charge >= 0.3 is 6.09 Å². The molecule has 0 fully saturated rings. The van der Waals surface area contributed by atoms with Crippen LogP contribution in [0.25, 0.3) is 0 Å². The van der Waals surface area contributed by atoms with Crippen molar-refractivity contribution < 1.29 is 24.2 Å². The summed E-state index contributed by atoms with van der Waals surface area (Å²) in [6.07, 6.45) is 3.67. The summed E-state index contributed by atoms with van der Waals surface area (Å²) in [4.78, 5) is 40.1.